The van der Waals surface area contributed by atoms with Crippen molar-refractivity contribution in [3.05, 3.63) is 34.9 Å². The largest absolute Gasteiger partial charge is 0.376 e. The molecule has 2 nitrogen and oxygen atoms in total. The number of benzene rings is 1. The molecule has 118 valence electrons. The highest BCUT2D eigenvalue weighted by Gasteiger charge is 2.25. The standard InChI is InChI=1S/C19H31NO/c1-13-8-14(2)10-18(9-13)21-12-19(20-5)17-7-6-15(3)16(4)11-17/h6-7,11,13-14,18-20H,8-10,12H2,1-5H3. The van der Waals surface area contributed by atoms with Gasteiger partial charge in [-0.25, -0.2) is 0 Å². The van der Waals surface area contributed by atoms with Crippen LogP contribution in [-0.2, 0) is 4.74 Å². The lowest BCUT2D eigenvalue weighted by Gasteiger charge is -2.32. The third-order valence-electron chi connectivity index (χ3n) is 4.92. The van der Waals surface area contributed by atoms with E-state index >= 15 is 0 Å². The van der Waals surface area contributed by atoms with Crippen LogP contribution in [0.4, 0.5) is 0 Å². The molecule has 0 heterocycles. The van der Waals surface area contributed by atoms with E-state index in [4.69, 9.17) is 4.74 Å². The summed E-state index contributed by atoms with van der Waals surface area (Å²) in [5.74, 6) is 1.60. The van der Waals surface area contributed by atoms with Crippen LogP contribution in [0.1, 0.15) is 55.8 Å². The van der Waals surface area contributed by atoms with Crippen molar-refractivity contribution in [2.75, 3.05) is 13.7 Å². The van der Waals surface area contributed by atoms with E-state index in [0.717, 1.165) is 18.4 Å². The van der Waals surface area contributed by atoms with Gasteiger partial charge >= 0.3 is 0 Å². The number of rotatable bonds is 5. The molecule has 0 aromatic heterocycles. The van der Waals surface area contributed by atoms with Crippen LogP contribution in [0.2, 0.25) is 0 Å². The topological polar surface area (TPSA) is 21.3 Å². The second kappa shape index (κ2) is 7.42. The zero-order valence-corrected chi connectivity index (χ0v) is 14.3. The lowest BCUT2D eigenvalue weighted by Crippen LogP contribution is -2.30. The second-order valence-corrected chi connectivity index (χ2v) is 7.06. The second-order valence-electron chi connectivity index (χ2n) is 7.06. The SMILES string of the molecule is CNC(COC1CC(C)CC(C)C1)c1ccc(C)c(C)c1. The van der Waals surface area contributed by atoms with Gasteiger partial charge in [-0.1, -0.05) is 32.0 Å². The third kappa shape index (κ3) is 4.55. The molecule has 1 aromatic carbocycles. The van der Waals surface area contributed by atoms with Crippen molar-refractivity contribution in [2.45, 2.75) is 59.1 Å². The van der Waals surface area contributed by atoms with Gasteiger partial charge in [0, 0.05) is 0 Å². The molecule has 3 unspecified atom stereocenters. The van der Waals surface area contributed by atoms with Gasteiger partial charge in [0.05, 0.1) is 18.8 Å². The highest BCUT2D eigenvalue weighted by atomic mass is 16.5. The summed E-state index contributed by atoms with van der Waals surface area (Å²) in [5, 5.41) is 3.40. The number of nitrogens with one attached hydrogen (secondary N) is 1. The van der Waals surface area contributed by atoms with Crippen LogP contribution in [-0.4, -0.2) is 19.8 Å². The molecule has 0 aliphatic heterocycles. The minimum Gasteiger partial charge on any atom is -0.376 e. The van der Waals surface area contributed by atoms with Crippen molar-refractivity contribution >= 4 is 0 Å². The summed E-state index contributed by atoms with van der Waals surface area (Å²) in [7, 11) is 2.02. The smallest absolute Gasteiger partial charge is 0.0665 e. The Morgan fingerprint density at radius 2 is 1.76 bits per heavy atom. The van der Waals surface area contributed by atoms with Gasteiger partial charge < -0.3 is 10.1 Å². The summed E-state index contributed by atoms with van der Waals surface area (Å²) in [6, 6.07) is 7.00. The predicted molar refractivity (Wildman–Crippen MR) is 89.6 cm³/mol. The van der Waals surface area contributed by atoms with Gasteiger partial charge in [0.2, 0.25) is 0 Å². The van der Waals surface area contributed by atoms with E-state index in [2.05, 4.69) is 51.2 Å². The Morgan fingerprint density at radius 3 is 2.33 bits per heavy atom. The molecule has 3 atom stereocenters. The maximum atomic E-state index is 6.24. The highest BCUT2D eigenvalue weighted by molar-refractivity contribution is 5.31. The summed E-state index contributed by atoms with van der Waals surface area (Å²) < 4.78 is 6.24. The summed E-state index contributed by atoms with van der Waals surface area (Å²) in [6.45, 7) is 9.81. The molecular weight excluding hydrogens is 258 g/mol. The van der Waals surface area contributed by atoms with Gasteiger partial charge in [-0.2, -0.15) is 0 Å². The first kappa shape index (κ1) is 16.5. The highest BCUT2D eigenvalue weighted by Crippen LogP contribution is 2.31. The van der Waals surface area contributed by atoms with Crippen LogP contribution in [0.15, 0.2) is 18.2 Å². The molecule has 0 radical (unpaired) electrons. The Kier molecular flexibility index (Phi) is 5.83. The molecule has 1 N–H and O–H groups in total. The summed E-state index contributed by atoms with van der Waals surface area (Å²) in [6.07, 6.45) is 4.22. The van der Waals surface area contributed by atoms with Crippen molar-refractivity contribution < 1.29 is 4.74 Å². The summed E-state index contributed by atoms with van der Waals surface area (Å²) in [5.41, 5.74) is 4.04. The van der Waals surface area contributed by atoms with Gasteiger partial charge in [-0.15, -0.1) is 0 Å². The fourth-order valence-electron chi connectivity index (χ4n) is 3.57. The molecule has 1 aromatic rings. The van der Waals surface area contributed by atoms with E-state index in [1.807, 2.05) is 7.05 Å². The lowest BCUT2D eigenvalue weighted by molar-refractivity contribution is -0.00847. The van der Waals surface area contributed by atoms with Crippen LogP contribution < -0.4 is 5.32 Å². The first-order valence-electron chi connectivity index (χ1n) is 8.35. The Bertz CT molecular complexity index is 447. The fourth-order valence-corrected chi connectivity index (χ4v) is 3.57. The number of likely N-dealkylation sites (N-methyl/N-ethyl adjacent to an activating group) is 1. The molecule has 1 fully saturated rings. The quantitative estimate of drug-likeness (QED) is 0.867. The summed E-state index contributed by atoms with van der Waals surface area (Å²) in [4.78, 5) is 0. The molecule has 1 aliphatic rings. The normalized spacial score (nSPS) is 27.6. The molecule has 0 amide bonds. The Morgan fingerprint density at radius 1 is 1.10 bits per heavy atom. The maximum absolute atomic E-state index is 6.24. The van der Waals surface area contributed by atoms with Gasteiger partial charge in [0.1, 0.15) is 0 Å². The molecule has 21 heavy (non-hydrogen) atoms. The predicted octanol–water partition coefficient (Wildman–Crippen LogP) is 4.41. The van der Waals surface area contributed by atoms with E-state index < -0.39 is 0 Å². The number of hydrogen-bond donors (Lipinski definition) is 1. The number of aryl methyl sites for hydroxylation is 2. The summed E-state index contributed by atoms with van der Waals surface area (Å²) >= 11 is 0. The van der Waals surface area contributed by atoms with Crippen molar-refractivity contribution in [3.8, 4) is 0 Å². The van der Waals surface area contributed by atoms with E-state index in [1.54, 1.807) is 0 Å². The van der Waals surface area contributed by atoms with E-state index in [0.29, 0.717) is 6.10 Å². The molecule has 0 bridgehead atoms. The van der Waals surface area contributed by atoms with Crippen molar-refractivity contribution in [3.63, 3.8) is 0 Å². The van der Waals surface area contributed by atoms with E-state index in [9.17, 15) is 0 Å². The van der Waals surface area contributed by atoms with Crippen LogP contribution in [0.25, 0.3) is 0 Å². The van der Waals surface area contributed by atoms with Gasteiger partial charge in [-0.3, -0.25) is 0 Å². The number of hydrogen-bond acceptors (Lipinski definition) is 2. The molecule has 2 rings (SSSR count). The Balaban J connectivity index is 1.94. The monoisotopic (exact) mass is 289 g/mol. The van der Waals surface area contributed by atoms with Crippen LogP contribution in [0.5, 0.6) is 0 Å². The molecule has 1 saturated carbocycles. The van der Waals surface area contributed by atoms with Crippen LogP contribution in [0, 0.1) is 25.7 Å². The Hall–Kier alpha value is -0.860. The van der Waals surface area contributed by atoms with Crippen molar-refractivity contribution in [2.24, 2.45) is 11.8 Å². The molecule has 0 saturated heterocycles. The first-order chi connectivity index (χ1) is 9.99. The zero-order valence-electron chi connectivity index (χ0n) is 14.3. The fraction of sp³-hybridized carbons (Fsp3) is 0.684. The lowest BCUT2D eigenvalue weighted by atomic mass is 9.82. The van der Waals surface area contributed by atoms with Gasteiger partial charge in [0.15, 0.2) is 0 Å². The van der Waals surface area contributed by atoms with Gasteiger partial charge in [0.25, 0.3) is 0 Å². The maximum Gasteiger partial charge on any atom is 0.0665 e. The van der Waals surface area contributed by atoms with E-state index in [-0.39, 0.29) is 6.04 Å². The minimum absolute atomic E-state index is 0.289. The van der Waals surface area contributed by atoms with Gasteiger partial charge in [-0.05, 0) is 68.7 Å². The Labute approximate surface area is 130 Å². The average molecular weight is 289 g/mol. The number of ether oxygens (including phenoxy) is 1. The third-order valence-corrected chi connectivity index (χ3v) is 4.92. The van der Waals surface area contributed by atoms with E-state index in [1.165, 1.54) is 36.0 Å². The van der Waals surface area contributed by atoms with Crippen molar-refractivity contribution in [1.82, 2.24) is 5.32 Å². The molecule has 2 heteroatoms. The molecule has 0 spiro atoms. The zero-order chi connectivity index (χ0) is 15.4. The van der Waals surface area contributed by atoms with Crippen LogP contribution in [0.3, 0.4) is 0 Å². The minimum atomic E-state index is 0.289. The average Bonchev–Trinajstić information content (AvgIpc) is 2.42. The molecule has 1 aliphatic carbocycles. The van der Waals surface area contributed by atoms with Crippen molar-refractivity contribution in [1.29, 1.82) is 0 Å². The van der Waals surface area contributed by atoms with Crippen LogP contribution >= 0.6 is 0 Å². The molecular formula is C19H31NO. The first-order valence-corrected chi connectivity index (χ1v) is 8.35.